The molecule has 1 fully saturated rings. The van der Waals surface area contributed by atoms with Gasteiger partial charge in [-0.15, -0.1) is 0 Å². The molecular weight excluding hydrogens is 420 g/mol. The molecule has 0 bridgehead atoms. The van der Waals surface area contributed by atoms with E-state index in [9.17, 15) is 18.0 Å². The van der Waals surface area contributed by atoms with E-state index >= 15 is 0 Å². The summed E-state index contributed by atoms with van der Waals surface area (Å²) in [7, 11) is -2.06. The number of hydrogen-bond donors (Lipinski definition) is 1. The normalized spacial score (nSPS) is 15.1. The second-order valence-corrected chi connectivity index (χ2v) is 9.16. The Bertz CT molecular complexity index is 1280. The van der Waals surface area contributed by atoms with Gasteiger partial charge >= 0.3 is 0 Å². The van der Waals surface area contributed by atoms with Gasteiger partial charge in [0.05, 0.1) is 23.6 Å². The van der Waals surface area contributed by atoms with Crippen LogP contribution < -0.4 is 10.7 Å². The second-order valence-electron chi connectivity index (χ2n) is 7.22. The van der Waals surface area contributed by atoms with Gasteiger partial charge in [-0.1, -0.05) is 6.07 Å². The molecule has 1 aromatic carbocycles. The molecule has 2 aromatic heterocycles. The Balaban J connectivity index is 1.69. The van der Waals surface area contributed by atoms with Gasteiger partial charge in [-0.3, -0.25) is 14.6 Å². The monoisotopic (exact) mass is 442 g/mol. The van der Waals surface area contributed by atoms with Crippen LogP contribution in [0.4, 0.5) is 0 Å². The summed E-state index contributed by atoms with van der Waals surface area (Å²) in [5.74, 6) is -0.534. The fourth-order valence-corrected chi connectivity index (χ4v) is 4.94. The topological polar surface area (TPSA) is 111 Å². The van der Waals surface area contributed by atoms with E-state index in [4.69, 9.17) is 4.74 Å². The zero-order valence-corrected chi connectivity index (χ0v) is 17.8. The first-order valence-electron chi connectivity index (χ1n) is 9.76. The van der Waals surface area contributed by atoms with Crippen LogP contribution in [0.3, 0.4) is 0 Å². The molecule has 0 spiro atoms. The van der Waals surface area contributed by atoms with Crippen LogP contribution in [-0.4, -0.2) is 54.5 Å². The standard InChI is InChI=1S/C21H22N4O5S/c1-24-14-18(21(27)23-13-15-3-2-6-22-12-15)20(26)17-11-16(4-5-19(17)24)31(28,29)25-7-9-30-10-8-25/h2-6,11-12,14H,7-10,13H2,1H3,(H,23,27). The quantitative estimate of drug-likeness (QED) is 0.628. The number of benzene rings is 1. The zero-order valence-electron chi connectivity index (χ0n) is 16.9. The van der Waals surface area contributed by atoms with Crippen LogP contribution in [0, 0.1) is 0 Å². The largest absolute Gasteiger partial charge is 0.379 e. The summed E-state index contributed by atoms with van der Waals surface area (Å²) in [6.07, 6.45) is 4.72. The molecule has 1 N–H and O–H groups in total. The van der Waals surface area contributed by atoms with Crippen molar-refractivity contribution in [2.45, 2.75) is 11.4 Å². The van der Waals surface area contributed by atoms with E-state index in [-0.39, 0.29) is 35.5 Å². The van der Waals surface area contributed by atoms with Crippen molar-refractivity contribution in [3.8, 4) is 0 Å². The van der Waals surface area contributed by atoms with Crippen LogP contribution in [0.25, 0.3) is 10.9 Å². The summed E-state index contributed by atoms with van der Waals surface area (Å²) in [5, 5.41) is 2.88. The Morgan fingerprint density at radius 2 is 2.00 bits per heavy atom. The third-order valence-corrected chi connectivity index (χ3v) is 7.08. The van der Waals surface area contributed by atoms with Gasteiger partial charge in [0.1, 0.15) is 5.56 Å². The summed E-state index contributed by atoms with van der Waals surface area (Å²) in [6, 6.07) is 7.98. The number of pyridine rings is 2. The van der Waals surface area contributed by atoms with E-state index in [1.165, 1.54) is 22.6 Å². The fourth-order valence-electron chi connectivity index (χ4n) is 3.51. The molecule has 1 amide bonds. The van der Waals surface area contributed by atoms with E-state index in [0.29, 0.717) is 18.7 Å². The number of rotatable bonds is 5. The van der Waals surface area contributed by atoms with Crippen molar-refractivity contribution >= 4 is 26.8 Å². The highest BCUT2D eigenvalue weighted by Crippen LogP contribution is 2.21. The second kappa shape index (κ2) is 8.58. The number of carbonyl (C=O) groups is 1. The number of carbonyl (C=O) groups excluding carboxylic acids is 1. The highest BCUT2D eigenvalue weighted by Gasteiger charge is 2.27. The Labute approximate surface area is 179 Å². The lowest BCUT2D eigenvalue weighted by atomic mass is 10.1. The summed E-state index contributed by atoms with van der Waals surface area (Å²) >= 11 is 0. The summed E-state index contributed by atoms with van der Waals surface area (Å²) in [4.78, 5) is 29.8. The first-order chi connectivity index (χ1) is 14.9. The van der Waals surface area contributed by atoms with Crippen LogP contribution in [0.2, 0.25) is 0 Å². The van der Waals surface area contributed by atoms with E-state index in [0.717, 1.165) is 5.56 Å². The molecule has 0 atom stereocenters. The van der Waals surface area contributed by atoms with Crippen molar-refractivity contribution in [1.29, 1.82) is 0 Å². The number of morpholine rings is 1. The molecular formula is C21H22N4O5S. The van der Waals surface area contributed by atoms with Gasteiger partial charge in [0, 0.05) is 50.7 Å². The predicted molar refractivity (Wildman–Crippen MR) is 114 cm³/mol. The van der Waals surface area contributed by atoms with Crippen molar-refractivity contribution in [2.24, 2.45) is 7.05 Å². The summed E-state index contributed by atoms with van der Waals surface area (Å²) in [5.41, 5.74) is 0.762. The first-order valence-corrected chi connectivity index (χ1v) is 11.2. The van der Waals surface area contributed by atoms with Crippen molar-refractivity contribution < 1.29 is 17.9 Å². The average molecular weight is 442 g/mol. The molecule has 0 saturated carbocycles. The lowest BCUT2D eigenvalue weighted by molar-refractivity contribution is 0.0730. The van der Waals surface area contributed by atoms with Crippen LogP contribution >= 0.6 is 0 Å². The number of nitrogens with one attached hydrogen (secondary N) is 1. The maximum atomic E-state index is 13.1. The smallest absolute Gasteiger partial charge is 0.257 e. The summed E-state index contributed by atoms with van der Waals surface area (Å²) < 4.78 is 34.2. The molecule has 0 unspecified atom stereocenters. The fraction of sp³-hybridized carbons (Fsp3) is 0.286. The van der Waals surface area contributed by atoms with Gasteiger partial charge in [0.25, 0.3) is 5.91 Å². The SMILES string of the molecule is Cn1cc(C(=O)NCc2cccnc2)c(=O)c2cc(S(=O)(=O)N3CCOCC3)ccc21. The minimum Gasteiger partial charge on any atom is -0.379 e. The average Bonchev–Trinajstić information content (AvgIpc) is 2.80. The highest BCUT2D eigenvalue weighted by atomic mass is 32.2. The summed E-state index contributed by atoms with van der Waals surface area (Å²) in [6.45, 7) is 1.40. The first kappa shape index (κ1) is 21.2. The van der Waals surface area contributed by atoms with Gasteiger partial charge in [-0.25, -0.2) is 8.42 Å². The predicted octanol–water partition coefficient (Wildman–Crippen LogP) is 0.884. The van der Waals surface area contributed by atoms with Crippen molar-refractivity contribution in [3.63, 3.8) is 0 Å². The lowest BCUT2D eigenvalue weighted by Gasteiger charge is -2.26. The number of aromatic nitrogens is 2. The van der Waals surface area contributed by atoms with Gasteiger partial charge in [-0.2, -0.15) is 4.31 Å². The molecule has 162 valence electrons. The van der Waals surface area contributed by atoms with Gasteiger partial charge in [-0.05, 0) is 29.8 Å². The number of hydrogen-bond acceptors (Lipinski definition) is 6. The van der Waals surface area contributed by atoms with Gasteiger partial charge < -0.3 is 14.6 Å². The molecule has 1 aliphatic heterocycles. The molecule has 0 aliphatic carbocycles. The molecule has 1 aliphatic rings. The minimum atomic E-state index is -3.76. The number of sulfonamides is 1. The number of amides is 1. The maximum absolute atomic E-state index is 13.1. The number of aryl methyl sites for hydroxylation is 1. The van der Waals surface area contributed by atoms with Crippen LogP contribution in [-0.2, 0) is 28.4 Å². The Kier molecular flexibility index (Phi) is 5.86. The third-order valence-electron chi connectivity index (χ3n) is 5.19. The molecule has 31 heavy (non-hydrogen) atoms. The van der Waals surface area contributed by atoms with Crippen molar-refractivity contribution in [3.05, 3.63) is 70.3 Å². The van der Waals surface area contributed by atoms with E-state index in [1.54, 1.807) is 36.1 Å². The highest BCUT2D eigenvalue weighted by molar-refractivity contribution is 7.89. The number of ether oxygens (including phenoxy) is 1. The van der Waals surface area contributed by atoms with Gasteiger partial charge in [0.2, 0.25) is 15.5 Å². The Morgan fingerprint density at radius 1 is 1.23 bits per heavy atom. The molecule has 9 nitrogen and oxygen atoms in total. The van der Waals surface area contributed by atoms with Crippen LogP contribution in [0.1, 0.15) is 15.9 Å². The minimum absolute atomic E-state index is 0.0203. The third kappa shape index (κ3) is 4.22. The molecule has 3 heterocycles. The molecule has 0 radical (unpaired) electrons. The molecule has 1 saturated heterocycles. The molecule has 4 rings (SSSR count). The number of fused-ring (bicyclic) bond motifs is 1. The van der Waals surface area contributed by atoms with Crippen LogP contribution in [0.5, 0.6) is 0 Å². The number of nitrogens with zero attached hydrogens (tertiary/aromatic N) is 3. The maximum Gasteiger partial charge on any atom is 0.257 e. The Hall–Kier alpha value is -3.08. The molecule has 3 aromatic rings. The molecule has 10 heteroatoms. The van der Waals surface area contributed by atoms with E-state index in [1.807, 2.05) is 6.07 Å². The zero-order chi connectivity index (χ0) is 22.0. The Morgan fingerprint density at radius 3 is 2.71 bits per heavy atom. The van der Waals surface area contributed by atoms with Crippen LogP contribution in [0.15, 0.2) is 58.6 Å². The lowest BCUT2D eigenvalue weighted by Crippen LogP contribution is -2.40. The van der Waals surface area contributed by atoms with Crippen molar-refractivity contribution in [2.75, 3.05) is 26.3 Å². The van der Waals surface area contributed by atoms with Crippen molar-refractivity contribution in [1.82, 2.24) is 19.2 Å². The van der Waals surface area contributed by atoms with E-state index < -0.39 is 21.4 Å². The van der Waals surface area contributed by atoms with E-state index in [2.05, 4.69) is 10.3 Å². The van der Waals surface area contributed by atoms with Gasteiger partial charge in [0.15, 0.2) is 0 Å².